The molecule has 1 amide bonds. The lowest BCUT2D eigenvalue weighted by Crippen LogP contribution is -2.43. The number of hydrogen-bond acceptors (Lipinski definition) is 5. The van der Waals surface area contributed by atoms with Gasteiger partial charge in [-0.2, -0.15) is 0 Å². The summed E-state index contributed by atoms with van der Waals surface area (Å²) in [6, 6.07) is 4.64. The van der Waals surface area contributed by atoms with Crippen LogP contribution in [-0.2, 0) is 16.1 Å². The van der Waals surface area contributed by atoms with E-state index in [9.17, 15) is 14.3 Å². The number of amides is 1. The lowest BCUT2D eigenvalue weighted by atomic mass is 10.1. The number of nitrogens with zero attached hydrogens (tertiary/aromatic N) is 1. The Bertz CT molecular complexity index is 541. The first-order valence-electron chi connectivity index (χ1n) is 7.51. The topological polar surface area (TPSA) is 71.0 Å². The second-order valence-electron chi connectivity index (χ2n) is 5.71. The van der Waals surface area contributed by atoms with Gasteiger partial charge in [-0.05, 0) is 17.7 Å². The van der Waals surface area contributed by atoms with Gasteiger partial charge in [-0.1, -0.05) is 6.07 Å². The lowest BCUT2D eigenvalue weighted by Gasteiger charge is -2.18. The number of ether oxygens (including phenoxy) is 2. The van der Waals surface area contributed by atoms with E-state index >= 15 is 0 Å². The van der Waals surface area contributed by atoms with Crippen LogP contribution >= 0.6 is 0 Å². The second-order valence-corrected chi connectivity index (χ2v) is 5.71. The lowest BCUT2D eigenvalue weighted by molar-refractivity contribution is -0.125. The minimum Gasteiger partial charge on any atom is -0.494 e. The van der Waals surface area contributed by atoms with Crippen LogP contribution in [0.25, 0.3) is 0 Å². The third-order valence-corrected chi connectivity index (χ3v) is 3.99. The molecule has 2 atom stereocenters. The summed E-state index contributed by atoms with van der Waals surface area (Å²) in [6.07, 6.45) is 0. The fourth-order valence-corrected chi connectivity index (χ4v) is 2.88. The van der Waals surface area contributed by atoms with Crippen molar-refractivity contribution in [3.63, 3.8) is 0 Å². The van der Waals surface area contributed by atoms with Crippen molar-refractivity contribution >= 4 is 5.91 Å². The molecular formula is C16H23FN2O4. The Morgan fingerprint density at radius 3 is 2.87 bits per heavy atom. The smallest absolute Gasteiger partial charge is 0.246 e. The fraction of sp³-hybridized carbons (Fsp3) is 0.562. The van der Waals surface area contributed by atoms with Crippen molar-refractivity contribution in [3.8, 4) is 5.75 Å². The van der Waals surface area contributed by atoms with Crippen molar-refractivity contribution in [2.75, 3.05) is 40.5 Å². The number of methoxy groups -OCH3 is 2. The van der Waals surface area contributed by atoms with Crippen molar-refractivity contribution in [1.29, 1.82) is 0 Å². The molecule has 2 rings (SSSR count). The number of nitrogens with one attached hydrogen (secondary N) is 1. The first-order valence-corrected chi connectivity index (χ1v) is 7.51. The first-order chi connectivity index (χ1) is 11.1. The van der Waals surface area contributed by atoms with E-state index in [0.717, 1.165) is 5.56 Å². The molecule has 1 aliphatic heterocycles. The summed E-state index contributed by atoms with van der Waals surface area (Å²) in [5, 5.41) is 12.4. The molecule has 6 nitrogen and oxygen atoms in total. The minimum absolute atomic E-state index is 0.00116. The molecule has 1 fully saturated rings. The highest BCUT2D eigenvalue weighted by atomic mass is 19.1. The summed E-state index contributed by atoms with van der Waals surface area (Å²) in [5.41, 5.74) is 0.920. The van der Waals surface area contributed by atoms with Crippen LogP contribution in [0.4, 0.5) is 4.39 Å². The van der Waals surface area contributed by atoms with E-state index in [4.69, 9.17) is 9.47 Å². The number of carbonyl (C=O) groups is 1. The largest absolute Gasteiger partial charge is 0.494 e. The molecule has 1 aliphatic rings. The highest BCUT2D eigenvalue weighted by Crippen LogP contribution is 2.23. The molecule has 1 heterocycles. The van der Waals surface area contributed by atoms with E-state index in [1.807, 2.05) is 0 Å². The monoisotopic (exact) mass is 326 g/mol. The van der Waals surface area contributed by atoms with Crippen molar-refractivity contribution < 1.29 is 23.8 Å². The average molecular weight is 326 g/mol. The minimum atomic E-state index is -0.393. The van der Waals surface area contributed by atoms with Crippen LogP contribution in [0.5, 0.6) is 5.75 Å². The maximum absolute atomic E-state index is 13.4. The Balaban J connectivity index is 1.98. The van der Waals surface area contributed by atoms with Gasteiger partial charge < -0.3 is 19.9 Å². The van der Waals surface area contributed by atoms with Crippen LogP contribution in [-0.4, -0.2) is 62.5 Å². The normalized spacial score (nSPS) is 21.4. The van der Waals surface area contributed by atoms with E-state index in [-0.39, 0.29) is 36.8 Å². The summed E-state index contributed by atoms with van der Waals surface area (Å²) in [6.45, 7) is 1.89. The van der Waals surface area contributed by atoms with Gasteiger partial charge in [0.2, 0.25) is 5.91 Å². The van der Waals surface area contributed by atoms with Gasteiger partial charge in [0, 0.05) is 45.3 Å². The summed E-state index contributed by atoms with van der Waals surface area (Å²) >= 11 is 0. The maximum Gasteiger partial charge on any atom is 0.246 e. The van der Waals surface area contributed by atoms with E-state index in [2.05, 4.69) is 10.2 Å². The van der Waals surface area contributed by atoms with Crippen molar-refractivity contribution in [2.24, 2.45) is 5.92 Å². The van der Waals surface area contributed by atoms with Gasteiger partial charge in [0.15, 0.2) is 11.6 Å². The maximum atomic E-state index is 13.4. The quantitative estimate of drug-likeness (QED) is 0.758. The Hall–Kier alpha value is -1.70. The summed E-state index contributed by atoms with van der Waals surface area (Å²) in [7, 11) is 2.90. The molecule has 0 spiro atoms. The molecular weight excluding hydrogens is 303 g/mol. The zero-order chi connectivity index (χ0) is 16.8. The highest BCUT2D eigenvalue weighted by Gasteiger charge is 2.33. The third kappa shape index (κ3) is 4.63. The molecule has 1 aromatic rings. The molecule has 128 valence electrons. The molecule has 23 heavy (non-hydrogen) atoms. The summed E-state index contributed by atoms with van der Waals surface area (Å²) in [4.78, 5) is 13.8. The molecule has 0 radical (unpaired) electrons. The van der Waals surface area contributed by atoms with Crippen LogP contribution < -0.4 is 10.1 Å². The van der Waals surface area contributed by atoms with Crippen molar-refractivity contribution in [1.82, 2.24) is 10.2 Å². The van der Waals surface area contributed by atoms with Gasteiger partial charge in [-0.15, -0.1) is 0 Å². The second kappa shape index (κ2) is 8.24. The van der Waals surface area contributed by atoms with Gasteiger partial charge in [0.05, 0.1) is 7.11 Å². The molecule has 0 bridgehead atoms. The standard InChI is InChI=1S/C16H23FN2O4/c1-22-10-16(21)18-14-8-19(7-12(14)9-20)6-11-3-4-13(17)15(5-11)23-2/h3-5,12,14,20H,6-10H2,1-2H3,(H,18,21)/t12-,14+/m0/s1. The number of benzene rings is 1. The molecule has 1 saturated heterocycles. The zero-order valence-electron chi connectivity index (χ0n) is 13.4. The molecule has 1 aromatic carbocycles. The van der Waals surface area contributed by atoms with Gasteiger partial charge in [-0.25, -0.2) is 4.39 Å². The zero-order valence-corrected chi connectivity index (χ0v) is 13.4. The predicted octanol–water partition coefficient (Wildman–Crippen LogP) is 0.390. The van der Waals surface area contributed by atoms with E-state index in [1.165, 1.54) is 20.3 Å². The number of carbonyl (C=O) groups excluding carboxylic acids is 1. The van der Waals surface area contributed by atoms with Crippen LogP contribution in [0.15, 0.2) is 18.2 Å². The van der Waals surface area contributed by atoms with E-state index in [0.29, 0.717) is 19.6 Å². The number of aliphatic hydroxyl groups is 1. The molecule has 0 aromatic heterocycles. The van der Waals surface area contributed by atoms with E-state index < -0.39 is 5.82 Å². The van der Waals surface area contributed by atoms with Gasteiger partial charge >= 0.3 is 0 Å². The number of aliphatic hydroxyl groups excluding tert-OH is 1. The van der Waals surface area contributed by atoms with E-state index in [1.54, 1.807) is 12.1 Å². The molecule has 0 aliphatic carbocycles. The Morgan fingerprint density at radius 2 is 2.22 bits per heavy atom. The number of likely N-dealkylation sites (tertiary alicyclic amines) is 1. The van der Waals surface area contributed by atoms with Gasteiger partial charge in [0.1, 0.15) is 6.61 Å². The highest BCUT2D eigenvalue weighted by molar-refractivity contribution is 5.77. The Morgan fingerprint density at radius 1 is 1.43 bits per heavy atom. The Kier molecular flexibility index (Phi) is 6.32. The van der Waals surface area contributed by atoms with Crippen molar-refractivity contribution in [3.05, 3.63) is 29.6 Å². The number of halogens is 1. The number of rotatable bonds is 7. The summed E-state index contributed by atoms with van der Waals surface area (Å²) < 4.78 is 23.2. The Labute approximate surface area is 135 Å². The average Bonchev–Trinajstić information content (AvgIpc) is 2.90. The predicted molar refractivity (Wildman–Crippen MR) is 82.6 cm³/mol. The molecule has 0 saturated carbocycles. The van der Waals surface area contributed by atoms with Crippen LogP contribution in [0.3, 0.4) is 0 Å². The van der Waals surface area contributed by atoms with Crippen LogP contribution in [0.2, 0.25) is 0 Å². The fourth-order valence-electron chi connectivity index (χ4n) is 2.88. The molecule has 7 heteroatoms. The SMILES string of the molecule is COCC(=O)N[C@@H]1CN(Cc2ccc(F)c(OC)c2)C[C@H]1CO. The first kappa shape index (κ1) is 17.7. The molecule has 2 N–H and O–H groups in total. The summed E-state index contributed by atoms with van der Waals surface area (Å²) in [5.74, 6) is -0.402. The van der Waals surface area contributed by atoms with Crippen LogP contribution in [0.1, 0.15) is 5.56 Å². The third-order valence-electron chi connectivity index (χ3n) is 3.99. The van der Waals surface area contributed by atoms with Crippen molar-refractivity contribution in [2.45, 2.75) is 12.6 Å². The van der Waals surface area contributed by atoms with Gasteiger partial charge in [0.25, 0.3) is 0 Å². The van der Waals surface area contributed by atoms with Crippen LogP contribution in [0, 0.1) is 11.7 Å². The number of hydrogen-bond donors (Lipinski definition) is 2. The van der Waals surface area contributed by atoms with Gasteiger partial charge in [-0.3, -0.25) is 9.69 Å². The molecule has 0 unspecified atom stereocenters.